The third kappa shape index (κ3) is 3.29. The van der Waals surface area contributed by atoms with E-state index in [1.807, 2.05) is 0 Å². The molecule has 1 aromatic heterocycles. The van der Waals surface area contributed by atoms with Gasteiger partial charge in [0.1, 0.15) is 11.5 Å². The minimum atomic E-state index is -0.654. The lowest BCUT2D eigenvalue weighted by Gasteiger charge is -2.39. The highest BCUT2D eigenvalue weighted by Crippen LogP contribution is 2.67. The number of amides is 2. The van der Waals surface area contributed by atoms with Crippen LogP contribution in [-0.4, -0.2) is 44.3 Å². The van der Waals surface area contributed by atoms with Gasteiger partial charge in [0.15, 0.2) is 0 Å². The van der Waals surface area contributed by atoms with Gasteiger partial charge in [-0.25, -0.2) is 4.39 Å². The Kier molecular flexibility index (Phi) is 5.10. The summed E-state index contributed by atoms with van der Waals surface area (Å²) in [5.41, 5.74) is 7.05. The van der Waals surface area contributed by atoms with Crippen LogP contribution < -0.4 is 5.73 Å². The van der Waals surface area contributed by atoms with Gasteiger partial charge in [0.05, 0.1) is 35.5 Å². The van der Waals surface area contributed by atoms with E-state index < -0.39 is 11.7 Å². The topological polar surface area (TPSA) is 101 Å². The minimum absolute atomic E-state index is 0.0204. The van der Waals surface area contributed by atoms with Crippen molar-refractivity contribution in [2.24, 2.45) is 22.5 Å². The number of hydrogen-bond acceptors (Lipinski definition) is 4. The Morgan fingerprint density at radius 3 is 2.70 bits per heavy atom. The molecule has 2 fully saturated rings. The van der Waals surface area contributed by atoms with Crippen LogP contribution in [0.3, 0.4) is 0 Å². The monoisotopic (exact) mass is 474 g/mol. The van der Waals surface area contributed by atoms with Gasteiger partial charge in [-0.1, -0.05) is 25.4 Å². The molecular weight excluding hydrogens is 447 g/mol. The highest BCUT2D eigenvalue weighted by Gasteiger charge is 2.63. The number of carbonyl (C=O) groups excluding carboxylic acids is 2. The van der Waals surface area contributed by atoms with Crippen molar-refractivity contribution >= 4 is 23.4 Å². The fourth-order valence-electron chi connectivity index (χ4n) is 6.51. The number of primary amides is 1. The molecular formula is C24H28ClFN4O3. The second kappa shape index (κ2) is 7.53. The Hall–Kier alpha value is -2.45. The van der Waals surface area contributed by atoms with Crippen molar-refractivity contribution in [3.05, 3.63) is 40.3 Å². The molecule has 2 aliphatic carbocycles. The molecule has 3 unspecified atom stereocenters. The van der Waals surface area contributed by atoms with Crippen molar-refractivity contribution in [2.45, 2.75) is 58.7 Å². The fourth-order valence-corrected chi connectivity index (χ4v) is 6.69. The Balaban J connectivity index is 1.43. The summed E-state index contributed by atoms with van der Waals surface area (Å²) in [4.78, 5) is 27.6. The number of benzene rings is 1. The predicted molar refractivity (Wildman–Crippen MR) is 121 cm³/mol. The molecule has 2 bridgehead atoms. The van der Waals surface area contributed by atoms with Crippen LogP contribution >= 0.6 is 11.6 Å². The number of aliphatic hydroxyl groups excluding tert-OH is 1. The van der Waals surface area contributed by atoms with Gasteiger partial charge in [0, 0.05) is 18.5 Å². The standard InChI is InChI=1S/C24H28ClFN4O3/c1-23(2)14-5-6-24(23,10-18(14)31)11-19(32)29-7-8-30-17(12-29)20(22(27)33)21(28-30)13-3-4-16(26)15(25)9-13/h3-4,9,14,18,31H,5-8,10-12H2,1-2H3,(H2,27,33). The van der Waals surface area contributed by atoms with E-state index in [0.717, 1.165) is 12.8 Å². The van der Waals surface area contributed by atoms with Gasteiger partial charge >= 0.3 is 0 Å². The van der Waals surface area contributed by atoms with Crippen LogP contribution in [-0.2, 0) is 17.9 Å². The van der Waals surface area contributed by atoms with Gasteiger partial charge in [-0.2, -0.15) is 5.10 Å². The summed E-state index contributed by atoms with van der Waals surface area (Å²) in [6, 6.07) is 4.15. The minimum Gasteiger partial charge on any atom is -0.393 e. The lowest BCUT2D eigenvalue weighted by Crippen LogP contribution is -2.43. The zero-order valence-electron chi connectivity index (χ0n) is 18.8. The fraction of sp³-hybridized carbons (Fsp3) is 0.542. The normalized spacial score (nSPS) is 27.6. The summed E-state index contributed by atoms with van der Waals surface area (Å²) in [5.74, 6) is -0.958. The lowest BCUT2D eigenvalue weighted by atomic mass is 9.67. The molecule has 5 rings (SSSR count). The molecule has 2 saturated carbocycles. The van der Waals surface area contributed by atoms with Gasteiger partial charge in [-0.3, -0.25) is 14.3 Å². The van der Waals surface area contributed by atoms with Gasteiger partial charge in [-0.15, -0.1) is 0 Å². The highest BCUT2D eigenvalue weighted by atomic mass is 35.5. The molecule has 7 nitrogen and oxygen atoms in total. The average molecular weight is 475 g/mol. The molecule has 0 spiro atoms. The van der Waals surface area contributed by atoms with E-state index in [0.29, 0.717) is 42.9 Å². The molecule has 3 aliphatic rings. The Bertz CT molecular complexity index is 1160. The molecule has 176 valence electrons. The van der Waals surface area contributed by atoms with Crippen molar-refractivity contribution < 1.29 is 19.1 Å². The SMILES string of the molecule is CC1(C)C2CCC1(CC(=O)N1CCn3nc(-c4ccc(F)c(Cl)c4)c(C(N)=O)c3C1)CC2O. The third-order valence-electron chi connectivity index (χ3n) is 8.55. The summed E-state index contributed by atoms with van der Waals surface area (Å²) in [5, 5.41) is 15.0. The van der Waals surface area contributed by atoms with Crippen LogP contribution in [0, 0.1) is 22.6 Å². The summed E-state index contributed by atoms with van der Waals surface area (Å²) >= 11 is 5.94. The largest absolute Gasteiger partial charge is 0.393 e. The smallest absolute Gasteiger partial charge is 0.252 e. The zero-order chi connectivity index (χ0) is 23.7. The lowest BCUT2D eigenvalue weighted by molar-refractivity contribution is -0.136. The molecule has 3 atom stereocenters. The molecule has 9 heteroatoms. The summed E-state index contributed by atoms with van der Waals surface area (Å²) < 4.78 is 15.3. The van der Waals surface area contributed by atoms with Crippen molar-refractivity contribution in [2.75, 3.05) is 6.54 Å². The number of aliphatic hydroxyl groups is 1. The number of hydrogen-bond donors (Lipinski definition) is 2. The van der Waals surface area contributed by atoms with E-state index in [4.69, 9.17) is 17.3 Å². The molecule has 3 N–H and O–H groups in total. The zero-order valence-corrected chi connectivity index (χ0v) is 19.5. The third-order valence-corrected chi connectivity index (χ3v) is 8.84. The van der Waals surface area contributed by atoms with E-state index in [-0.39, 0.29) is 45.9 Å². The van der Waals surface area contributed by atoms with Crippen LogP contribution in [0.15, 0.2) is 18.2 Å². The van der Waals surface area contributed by atoms with E-state index in [1.54, 1.807) is 9.58 Å². The Labute approximate surface area is 196 Å². The van der Waals surface area contributed by atoms with Gasteiger partial charge in [0.25, 0.3) is 5.91 Å². The van der Waals surface area contributed by atoms with E-state index in [2.05, 4.69) is 18.9 Å². The van der Waals surface area contributed by atoms with E-state index in [9.17, 15) is 19.1 Å². The van der Waals surface area contributed by atoms with Crippen LogP contribution in [0.25, 0.3) is 11.3 Å². The average Bonchev–Trinajstić information content (AvgIpc) is 3.31. The number of nitrogens with zero attached hydrogens (tertiary/aromatic N) is 3. The molecule has 2 aromatic rings. The first-order chi connectivity index (χ1) is 15.5. The summed E-state index contributed by atoms with van der Waals surface area (Å²) in [6.45, 7) is 5.47. The number of halogens is 2. The molecule has 0 radical (unpaired) electrons. The molecule has 2 heterocycles. The molecule has 2 amide bonds. The van der Waals surface area contributed by atoms with Crippen molar-refractivity contribution in [1.29, 1.82) is 0 Å². The maximum atomic E-state index is 13.6. The van der Waals surface area contributed by atoms with Gasteiger partial charge in [0.2, 0.25) is 5.91 Å². The number of carbonyl (C=O) groups is 2. The maximum Gasteiger partial charge on any atom is 0.252 e. The van der Waals surface area contributed by atoms with Crippen LogP contribution in [0.1, 0.15) is 55.6 Å². The van der Waals surface area contributed by atoms with Crippen molar-refractivity contribution in [1.82, 2.24) is 14.7 Å². The van der Waals surface area contributed by atoms with Crippen LogP contribution in [0.4, 0.5) is 4.39 Å². The number of nitrogens with two attached hydrogens (primary N) is 1. The Morgan fingerprint density at radius 2 is 2.09 bits per heavy atom. The first kappa shape index (κ1) is 22.3. The number of aromatic nitrogens is 2. The quantitative estimate of drug-likeness (QED) is 0.709. The molecule has 0 saturated heterocycles. The van der Waals surface area contributed by atoms with Crippen molar-refractivity contribution in [3.63, 3.8) is 0 Å². The predicted octanol–water partition coefficient (Wildman–Crippen LogP) is 3.36. The molecule has 1 aromatic carbocycles. The second-order valence-electron chi connectivity index (χ2n) is 10.3. The maximum absolute atomic E-state index is 13.6. The second-order valence-corrected chi connectivity index (χ2v) is 10.7. The molecule has 1 aliphatic heterocycles. The van der Waals surface area contributed by atoms with Crippen molar-refractivity contribution in [3.8, 4) is 11.3 Å². The highest BCUT2D eigenvalue weighted by molar-refractivity contribution is 6.31. The Morgan fingerprint density at radius 1 is 1.33 bits per heavy atom. The number of fused-ring (bicyclic) bond motifs is 3. The molecule has 33 heavy (non-hydrogen) atoms. The first-order valence-electron chi connectivity index (χ1n) is 11.3. The van der Waals surface area contributed by atoms with E-state index >= 15 is 0 Å². The van der Waals surface area contributed by atoms with Crippen LogP contribution in [0.5, 0.6) is 0 Å². The number of rotatable bonds is 4. The van der Waals surface area contributed by atoms with E-state index in [1.165, 1.54) is 18.2 Å². The van der Waals surface area contributed by atoms with Gasteiger partial charge in [-0.05, 0) is 54.2 Å². The summed E-state index contributed by atoms with van der Waals surface area (Å²) in [6.07, 6.45) is 2.58. The summed E-state index contributed by atoms with van der Waals surface area (Å²) in [7, 11) is 0. The van der Waals surface area contributed by atoms with Gasteiger partial charge < -0.3 is 15.7 Å². The first-order valence-corrected chi connectivity index (χ1v) is 11.7. The van der Waals surface area contributed by atoms with Crippen LogP contribution in [0.2, 0.25) is 5.02 Å².